The van der Waals surface area contributed by atoms with Gasteiger partial charge in [-0.05, 0) is 24.4 Å². The van der Waals surface area contributed by atoms with Crippen LogP contribution in [0, 0.1) is 11.7 Å². The molecule has 8 heteroatoms. The number of alkyl halides is 3. The summed E-state index contributed by atoms with van der Waals surface area (Å²) in [6.45, 7) is 0. The minimum atomic E-state index is -4.59. The molecular formula is C14H17ClF4N2O. The van der Waals surface area contributed by atoms with Crippen molar-refractivity contribution in [3.05, 3.63) is 17.3 Å². The Bertz CT molecular complexity index is 490. The van der Waals surface area contributed by atoms with Gasteiger partial charge in [-0.25, -0.2) is 4.98 Å². The highest BCUT2D eigenvalue weighted by molar-refractivity contribution is 6.28. The first kappa shape index (κ1) is 17.2. The lowest BCUT2D eigenvalue weighted by Gasteiger charge is -2.30. The Kier molecular flexibility index (Phi) is 5.83. The number of halogens is 5. The number of rotatable bonds is 3. The normalized spacial score (nSPS) is 19.3. The molecule has 0 N–H and O–H groups in total. The molecule has 1 fully saturated rings. The van der Waals surface area contributed by atoms with Crippen LogP contribution in [0.25, 0.3) is 0 Å². The SMILES string of the molecule is Fc1cnc(Cl)nc1OC(C1CCCCCCC1)C(F)(F)F. The lowest BCUT2D eigenvalue weighted by Crippen LogP contribution is -2.41. The average Bonchev–Trinajstić information content (AvgIpc) is 2.39. The lowest BCUT2D eigenvalue weighted by molar-refractivity contribution is -0.213. The van der Waals surface area contributed by atoms with Crippen molar-refractivity contribution in [3.63, 3.8) is 0 Å². The van der Waals surface area contributed by atoms with E-state index in [2.05, 4.69) is 9.97 Å². The van der Waals surface area contributed by atoms with Gasteiger partial charge in [0.05, 0.1) is 6.20 Å². The Labute approximate surface area is 131 Å². The number of hydrogen-bond acceptors (Lipinski definition) is 3. The number of ether oxygens (including phenoxy) is 1. The highest BCUT2D eigenvalue weighted by Crippen LogP contribution is 2.36. The van der Waals surface area contributed by atoms with Crippen LogP contribution in [0.4, 0.5) is 17.6 Å². The van der Waals surface area contributed by atoms with Crippen LogP contribution in [-0.4, -0.2) is 22.2 Å². The van der Waals surface area contributed by atoms with Gasteiger partial charge in [0, 0.05) is 5.92 Å². The number of aromatic nitrogens is 2. The second-order valence-electron chi connectivity index (χ2n) is 5.48. The number of nitrogens with zero attached hydrogens (tertiary/aromatic N) is 2. The summed E-state index contributed by atoms with van der Waals surface area (Å²) in [6.07, 6.45) is -0.851. The van der Waals surface area contributed by atoms with Crippen molar-refractivity contribution in [1.29, 1.82) is 0 Å². The molecule has 1 aromatic heterocycles. The summed E-state index contributed by atoms with van der Waals surface area (Å²) < 4.78 is 58.4. The van der Waals surface area contributed by atoms with E-state index in [1.54, 1.807) is 0 Å². The molecule has 1 unspecified atom stereocenters. The van der Waals surface area contributed by atoms with Crippen LogP contribution in [0.3, 0.4) is 0 Å². The van der Waals surface area contributed by atoms with Gasteiger partial charge >= 0.3 is 6.18 Å². The zero-order chi connectivity index (χ0) is 16.2. The van der Waals surface area contributed by atoms with Gasteiger partial charge in [0.2, 0.25) is 11.1 Å². The quantitative estimate of drug-likeness (QED) is 0.577. The van der Waals surface area contributed by atoms with E-state index < -0.39 is 29.9 Å². The molecule has 1 aromatic rings. The summed E-state index contributed by atoms with van der Waals surface area (Å²) in [5.41, 5.74) is 0. The third-order valence-electron chi connectivity index (χ3n) is 3.82. The van der Waals surface area contributed by atoms with Crippen LogP contribution >= 0.6 is 11.6 Å². The molecule has 1 atom stereocenters. The van der Waals surface area contributed by atoms with Crippen LogP contribution in [0.1, 0.15) is 44.9 Å². The highest BCUT2D eigenvalue weighted by Gasteiger charge is 2.47. The van der Waals surface area contributed by atoms with Crippen LogP contribution < -0.4 is 4.74 Å². The van der Waals surface area contributed by atoms with Crippen molar-refractivity contribution in [2.24, 2.45) is 5.92 Å². The molecule has 0 spiro atoms. The molecule has 0 aromatic carbocycles. The van der Waals surface area contributed by atoms with Gasteiger partial charge in [0.15, 0.2) is 6.10 Å². The molecule has 124 valence electrons. The molecule has 1 aliphatic carbocycles. The maximum absolute atomic E-state index is 13.6. The Hall–Kier alpha value is -1.11. The van der Waals surface area contributed by atoms with E-state index in [-0.39, 0.29) is 5.28 Å². The molecule has 1 heterocycles. The van der Waals surface area contributed by atoms with Gasteiger partial charge < -0.3 is 4.74 Å². The van der Waals surface area contributed by atoms with E-state index in [0.717, 1.165) is 19.3 Å². The Balaban J connectivity index is 2.20. The molecule has 3 nitrogen and oxygen atoms in total. The van der Waals surface area contributed by atoms with Gasteiger partial charge in [0.1, 0.15) is 0 Å². The van der Waals surface area contributed by atoms with Gasteiger partial charge in [-0.2, -0.15) is 22.5 Å². The van der Waals surface area contributed by atoms with Crippen LogP contribution in [-0.2, 0) is 0 Å². The Morgan fingerprint density at radius 2 is 1.73 bits per heavy atom. The minimum Gasteiger partial charge on any atom is -0.462 e. The van der Waals surface area contributed by atoms with E-state index in [9.17, 15) is 17.6 Å². The van der Waals surface area contributed by atoms with Crippen LogP contribution in [0.5, 0.6) is 5.88 Å². The number of hydrogen-bond donors (Lipinski definition) is 0. The lowest BCUT2D eigenvalue weighted by atomic mass is 9.87. The fourth-order valence-electron chi connectivity index (χ4n) is 2.75. The zero-order valence-electron chi connectivity index (χ0n) is 11.9. The highest BCUT2D eigenvalue weighted by atomic mass is 35.5. The first-order valence-corrected chi connectivity index (χ1v) is 7.67. The maximum Gasteiger partial charge on any atom is 0.425 e. The predicted molar refractivity (Wildman–Crippen MR) is 73.3 cm³/mol. The zero-order valence-corrected chi connectivity index (χ0v) is 12.6. The van der Waals surface area contributed by atoms with Crippen molar-refractivity contribution < 1.29 is 22.3 Å². The van der Waals surface area contributed by atoms with Crippen molar-refractivity contribution in [2.45, 2.75) is 57.2 Å². The standard InChI is InChI=1S/C14H17ClF4N2O/c15-13-20-8-10(16)12(21-13)22-11(14(17,18)19)9-6-4-2-1-3-5-7-9/h8-9,11H,1-7H2. The van der Waals surface area contributed by atoms with Gasteiger partial charge in [0.25, 0.3) is 5.88 Å². The summed E-state index contributed by atoms with van der Waals surface area (Å²) >= 11 is 5.50. The molecule has 0 aliphatic heterocycles. The largest absolute Gasteiger partial charge is 0.462 e. The molecule has 2 rings (SSSR count). The van der Waals surface area contributed by atoms with E-state index in [1.807, 2.05) is 0 Å². The molecular weight excluding hydrogens is 324 g/mol. The summed E-state index contributed by atoms with van der Waals surface area (Å²) in [6, 6.07) is 0. The molecule has 22 heavy (non-hydrogen) atoms. The van der Waals surface area contributed by atoms with E-state index >= 15 is 0 Å². The minimum absolute atomic E-state index is 0.352. The summed E-state index contributed by atoms with van der Waals surface area (Å²) in [5.74, 6) is -2.50. The predicted octanol–water partition coefficient (Wildman–Crippen LogP) is 4.94. The van der Waals surface area contributed by atoms with Crippen LogP contribution in [0.15, 0.2) is 6.20 Å². The van der Waals surface area contributed by atoms with Crippen molar-refractivity contribution in [1.82, 2.24) is 9.97 Å². The first-order chi connectivity index (χ1) is 10.4. The smallest absolute Gasteiger partial charge is 0.425 e. The second kappa shape index (κ2) is 7.44. The van der Waals surface area contributed by atoms with E-state index in [0.29, 0.717) is 31.9 Å². The molecule has 0 saturated heterocycles. The summed E-state index contributed by atoms with van der Waals surface area (Å²) in [4.78, 5) is 6.79. The van der Waals surface area contributed by atoms with Gasteiger partial charge in [-0.15, -0.1) is 0 Å². The molecule has 1 saturated carbocycles. The second-order valence-corrected chi connectivity index (χ2v) is 5.82. The van der Waals surface area contributed by atoms with Crippen LogP contribution in [0.2, 0.25) is 5.28 Å². The first-order valence-electron chi connectivity index (χ1n) is 7.29. The third kappa shape index (κ3) is 4.69. The summed E-state index contributed by atoms with van der Waals surface area (Å²) in [5, 5.41) is -0.352. The Morgan fingerprint density at radius 1 is 1.14 bits per heavy atom. The molecule has 1 aliphatic rings. The monoisotopic (exact) mass is 340 g/mol. The molecule has 0 bridgehead atoms. The van der Waals surface area contributed by atoms with Gasteiger partial charge in [-0.3, -0.25) is 0 Å². The van der Waals surface area contributed by atoms with Crippen molar-refractivity contribution >= 4 is 11.6 Å². The topological polar surface area (TPSA) is 35.0 Å². The molecule has 0 radical (unpaired) electrons. The summed E-state index contributed by atoms with van der Waals surface area (Å²) in [7, 11) is 0. The van der Waals surface area contributed by atoms with Gasteiger partial charge in [-0.1, -0.05) is 32.1 Å². The van der Waals surface area contributed by atoms with Crippen molar-refractivity contribution in [2.75, 3.05) is 0 Å². The fourth-order valence-corrected chi connectivity index (χ4v) is 2.88. The molecule has 0 amide bonds. The third-order valence-corrected chi connectivity index (χ3v) is 4.00. The average molecular weight is 341 g/mol. The van der Waals surface area contributed by atoms with E-state index in [1.165, 1.54) is 0 Å². The fraction of sp³-hybridized carbons (Fsp3) is 0.714. The Morgan fingerprint density at radius 3 is 2.32 bits per heavy atom. The van der Waals surface area contributed by atoms with E-state index in [4.69, 9.17) is 16.3 Å². The maximum atomic E-state index is 13.6. The van der Waals surface area contributed by atoms with Crippen molar-refractivity contribution in [3.8, 4) is 5.88 Å².